The van der Waals surface area contributed by atoms with E-state index < -0.39 is 6.10 Å². The minimum absolute atomic E-state index is 0.130. The molecule has 1 saturated carbocycles. The smallest absolute Gasteiger partial charge is 0.133 e. The van der Waals surface area contributed by atoms with Crippen LogP contribution >= 0.6 is 0 Å². The Kier molecular flexibility index (Phi) is 8.68. The zero-order chi connectivity index (χ0) is 21.5. The molecule has 0 spiro atoms. The fraction of sp³-hybridized carbons (Fsp3) is 0.692. The largest absolute Gasteiger partial charge is 0.393 e. The lowest BCUT2D eigenvalue weighted by Crippen LogP contribution is -2.38. The van der Waals surface area contributed by atoms with Crippen molar-refractivity contribution in [3.63, 3.8) is 0 Å². The number of Topliss-reactive ketones (excluding diaryl/α,β-unsaturated/α-hetero) is 1. The van der Waals surface area contributed by atoms with E-state index in [2.05, 4.69) is 19.6 Å². The molecule has 1 N–H and O–H groups in total. The third-order valence-corrected chi connectivity index (χ3v) is 7.42. The van der Waals surface area contributed by atoms with Gasteiger partial charge >= 0.3 is 0 Å². The van der Waals surface area contributed by atoms with Gasteiger partial charge in [-0.05, 0) is 80.4 Å². The number of ketones is 1. The summed E-state index contributed by atoms with van der Waals surface area (Å²) >= 11 is 0. The van der Waals surface area contributed by atoms with Crippen molar-refractivity contribution < 1.29 is 19.0 Å². The van der Waals surface area contributed by atoms with Gasteiger partial charge in [-0.25, -0.2) is 4.39 Å². The highest BCUT2D eigenvalue weighted by molar-refractivity contribution is 5.78. The highest BCUT2D eigenvalue weighted by atomic mass is 19.1. The molecule has 2 fully saturated rings. The lowest BCUT2D eigenvalue weighted by molar-refractivity contribution is -0.120. The number of carbonyl (C=O) groups excluding carboxylic acids is 1. The third kappa shape index (κ3) is 6.51. The number of aliphatic hydroxyl groups is 1. The number of carbonyl (C=O) groups is 1. The van der Waals surface area contributed by atoms with E-state index in [1.54, 1.807) is 12.2 Å². The van der Waals surface area contributed by atoms with Crippen molar-refractivity contribution in [2.45, 2.75) is 83.8 Å². The molecule has 0 aromatic carbocycles. The topological polar surface area (TPSA) is 46.5 Å². The molecule has 1 aliphatic heterocycles. The maximum atomic E-state index is 13.5. The van der Waals surface area contributed by atoms with Crippen molar-refractivity contribution >= 4 is 5.78 Å². The van der Waals surface area contributed by atoms with Gasteiger partial charge in [-0.1, -0.05) is 25.8 Å². The van der Waals surface area contributed by atoms with Crippen LogP contribution in [0.5, 0.6) is 0 Å². The molecule has 2 aliphatic carbocycles. The van der Waals surface area contributed by atoms with Gasteiger partial charge in [0.05, 0.1) is 18.8 Å². The van der Waals surface area contributed by atoms with Crippen LogP contribution in [0, 0.1) is 23.7 Å². The van der Waals surface area contributed by atoms with E-state index in [-0.39, 0.29) is 17.5 Å². The van der Waals surface area contributed by atoms with Crippen LogP contribution in [0.2, 0.25) is 0 Å². The van der Waals surface area contributed by atoms with Crippen molar-refractivity contribution in [3.8, 4) is 0 Å². The predicted octanol–water partition coefficient (Wildman–Crippen LogP) is 5.85. The molecule has 1 heterocycles. The zero-order valence-corrected chi connectivity index (χ0v) is 18.5. The molecule has 0 radical (unpaired) electrons. The number of halogens is 1. The Balaban J connectivity index is 1.46. The summed E-state index contributed by atoms with van der Waals surface area (Å²) in [5, 5.41) is 10.8. The van der Waals surface area contributed by atoms with Gasteiger partial charge in [-0.15, -0.1) is 5.73 Å². The summed E-state index contributed by atoms with van der Waals surface area (Å²) in [7, 11) is 0. The molecule has 30 heavy (non-hydrogen) atoms. The number of aliphatic hydroxyl groups excluding tert-OH is 1. The Morgan fingerprint density at radius 3 is 2.97 bits per heavy atom. The Morgan fingerprint density at radius 1 is 1.30 bits per heavy atom. The van der Waals surface area contributed by atoms with Crippen molar-refractivity contribution in [2.75, 3.05) is 6.61 Å². The summed E-state index contributed by atoms with van der Waals surface area (Å²) in [6, 6.07) is 0. The van der Waals surface area contributed by atoms with Gasteiger partial charge in [0.25, 0.3) is 0 Å². The van der Waals surface area contributed by atoms with E-state index in [1.807, 2.05) is 0 Å². The van der Waals surface area contributed by atoms with Crippen molar-refractivity contribution in [3.05, 3.63) is 41.4 Å². The molecule has 4 heteroatoms. The van der Waals surface area contributed by atoms with Crippen LogP contribution in [-0.2, 0) is 9.53 Å². The van der Waals surface area contributed by atoms with Crippen LogP contribution in [0.25, 0.3) is 0 Å². The fourth-order valence-corrected chi connectivity index (χ4v) is 5.44. The van der Waals surface area contributed by atoms with E-state index in [9.17, 15) is 14.3 Å². The summed E-state index contributed by atoms with van der Waals surface area (Å²) < 4.78 is 19.5. The fourth-order valence-electron chi connectivity index (χ4n) is 5.44. The van der Waals surface area contributed by atoms with Gasteiger partial charge in [-0.3, -0.25) is 4.79 Å². The second-order valence-corrected chi connectivity index (χ2v) is 9.49. The molecular weight excluding hydrogens is 379 g/mol. The van der Waals surface area contributed by atoms with Crippen LogP contribution in [-0.4, -0.2) is 29.7 Å². The van der Waals surface area contributed by atoms with Crippen LogP contribution in [0.1, 0.15) is 71.6 Å². The Labute approximate surface area is 180 Å². The SMILES string of the molecule is CC1CCC2CCCC(C(C)C(O)CCC(=O)CCC3=CC=C=CC(F)=C3)C2CO1. The van der Waals surface area contributed by atoms with E-state index in [0.717, 1.165) is 30.9 Å². The molecule has 166 valence electrons. The van der Waals surface area contributed by atoms with Gasteiger partial charge in [0.15, 0.2) is 0 Å². The maximum Gasteiger partial charge on any atom is 0.133 e. The number of ether oxygens (including phenoxy) is 1. The van der Waals surface area contributed by atoms with Gasteiger partial charge < -0.3 is 9.84 Å². The second-order valence-electron chi connectivity index (χ2n) is 9.49. The highest BCUT2D eigenvalue weighted by Crippen LogP contribution is 2.44. The van der Waals surface area contributed by atoms with Crippen molar-refractivity contribution in [1.82, 2.24) is 0 Å². The zero-order valence-electron chi connectivity index (χ0n) is 18.5. The normalized spacial score (nSPS) is 31.1. The molecule has 3 aliphatic rings. The summed E-state index contributed by atoms with van der Waals surface area (Å²) in [6.07, 6.45) is 13.9. The Bertz CT molecular complexity index is 716. The lowest BCUT2D eigenvalue weighted by atomic mass is 9.65. The first-order chi connectivity index (χ1) is 14.4. The first-order valence-corrected chi connectivity index (χ1v) is 11.7. The summed E-state index contributed by atoms with van der Waals surface area (Å²) in [6.45, 7) is 5.13. The molecule has 0 aromatic heterocycles. The number of hydrogen-bond acceptors (Lipinski definition) is 3. The van der Waals surface area contributed by atoms with Crippen LogP contribution in [0.4, 0.5) is 4.39 Å². The minimum Gasteiger partial charge on any atom is -0.393 e. The molecular formula is C26H37FO3. The van der Waals surface area contributed by atoms with Gasteiger partial charge in [0, 0.05) is 18.9 Å². The average molecular weight is 417 g/mol. The van der Waals surface area contributed by atoms with Crippen LogP contribution in [0.15, 0.2) is 41.4 Å². The van der Waals surface area contributed by atoms with Gasteiger partial charge in [0.2, 0.25) is 0 Å². The van der Waals surface area contributed by atoms with E-state index in [1.165, 1.54) is 31.4 Å². The minimum atomic E-state index is -0.458. The Morgan fingerprint density at radius 2 is 2.13 bits per heavy atom. The number of allylic oxidation sites excluding steroid dienone is 5. The molecule has 0 bridgehead atoms. The van der Waals surface area contributed by atoms with Gasteiger partial charge in [-0.2, -0.15) is 0 Å². The second kappa shape index (κ2) is 11.2. The number of rotatable bonds is 8. The molecule has 6 unspecified atom stereocenters. The quantitative estimate of drug-likeness (QED) is 0.505. The third-order valence-electron chi connectivity index (χ3n) is 7.42. The van der Waals surface area contributed by atoms with Gasteiger partial charge in [0.1, 0.15) is 11.6 Å². The van der Waals surface area contributed by atoms with Crippen molar-refractivity contribution in [1.29, 1.82) is 0 Å². The summed E-state index contributed by atoms with van der Waals surface area (Å²) in [5.41, 5.74) is 3.53. The van der Waals surface area contributed by atoms with E-state index in [0.29, 0.717) is 43.6 Å². The highest BCUT2D eigenvalue weighted by Gasteiger charge is 2.39. The molecule has 3 nitrogen and oxygen atoms in total. The average Bonchev–Trinajstić information content (AvgIpc) is 3.07. The number of fused-ring (bicyclic) bond motifs is 1. The van der Waals surface area contributed by atoms with E-state index in [4.69, 9.17) is 4.74 Å². The predicted molar refractivity (Wildman–Crippen MR) is 118 cm³/mol. The maximum absolute atomic E-state index is 13.5. The first-order valence-electron chi connectivity index (χ1n) is 11.7. The number of hydrogen-bond donors (Lipinski definition) is 1. The first kappa shape index (κ1) is 23.2. The monoisotopic (exact) mass is 416 g/mol. The molecule has 1 saturated heterocycles. The molecule has 3 rings (SSSR count). The molecule has 6 atom stereocenters. The molecule has 0 aromatic rings. The van der Waals surface area contributed by atoms with Crippen LogP contribution < -0.4 is 0 Å². The summed E-state index contributed by atoms with van der Waals surface area (Å²) in [5.74, 6) is 1.70. The van der Waals surface area contributed by atoms with Crippen molar-refractivity contribution in [2.24, 2.45) is 23.7 Å². The standard InChI is InChI=1S/C26H37FO3/c1-18-10-12-21-7-5-9-24(25(21)17-30-18)19(2)26(29)15-14-23(28)13-11-20-6-3-4-8-22(27)16-20/h3,6,8,16,18-19,21,24-26,29H,5,7,9-15,17H2,1-2H3. The lowest BCUT2D eigenvalue weighted by Gasteiger charge is -2.41. The molecule has 0 amide bonds. The van der Waals surface area contributed by atoms with E-state index >= 15 is 0 Å². The Hall–Kier alpha value is -1.48. The van der Waals surface area contributed by atoms with Crippen LogP contribution in [0.3, 0.4) is 0 Å². The summed E-state index contributed by atoms with van der Waals surface area (Å²) in [4.78, 5) is 12.4.